The Morgan fingerprint density at radius 2 is 1.95 bits per heavy atom. The normalized spacial score (nSPS) is 17.6. The minimum atomic E-state index is -0.968. The summed E-state index contributed by atoms with van der Waals surface area (Å²) < 4.78 is 15.8. The lowest BCUT2D eigenvalue weighted by Gasteiger charge is -2.26. The molecule has 0 atom stereocenters. The van der Waals surface area contributed by atoms with Crippen molar-refractivity contribution < 1.29 is 19.0 Å². The van der Waals surface area contributed by atoms with Crippen LogP contribution in [0.1, 0.15) is 5.56 Å². The zero-order valence-corrected chi connectivity index (χ0v) is 11.1. The van der Waals surface area contributed by atoms with Crippen molar-refractivity contribution in [2.45, 2.75) is 12.1 Å². The van der Waals surface area contributed by atoms with E-state index in [1.165, 1.54) is 0 Å². The highest BCUT2D eigenvalue weighted by Gasteiger charge is 2.33. The molecule has 1 heterocycles. The highest BCUT2D eigenvalue weighted by molar-refractivity contribution is 5.69. The molecule has 1 aliphatic heterocycles. The predicted octanol–water partition coefficient (Wildman–Crippen LogP) is 1.33. The molecular weight excluding hydrogens is 258 g/mol. The van der Waals surface area contributed by atoms with Crippen molar-refractivity contribution in [2.75, 3.05) is 26.4 Å². The maximum atomic E-state index is 11.8. The maximum Gasteiger partial charge on any atom is 0.408 e. The van der Waals surface area contributed by atoms with Gasteiger partial charge in [-0.2, -0.15) is 0 Å². The summed E-state index contributed by atoms with van der Waals surface area (Å²) in [6, 6.07) is 9.42. The van der Waals surface area contributed by atoms with Crippen molar-refractivity contribution in [3.8, 4) is 12.3 Å². The summed E-state index contributed by atoms with van der Waals surface area (Å²) in [6.45, 7) is 1.54. The average Bonchev–Trinajstić information content (AvgIpc) is 2.72. The first-order valence-electron chi connectivity index (χ1n) is 6.36. The van der Waals surface area contributed by atoms with Crippen LogP contribution in [0.15, 0.2) is 30.3 Å². The quantitative estimate of drug-likeness (QED) is 0.846. The van der Waals surface area contributed by atoms with Crippen molar-refractivity contribution in [3.05, 3.63) is 35.9 Å². The Hall–Kier alpha value is -2.03. The summed E-state index contributed by atoms with van der Waals surface area (Å²) in [5, 5.41) is 2.65. The Morgan fingerprint density at radius 1 is 1.30 bits per heavy atom. The molecule has 1 aromatic rings. The van der Waals surface area contributed by atoms with E-state index in [-0.39, 0.29) is 19.8 Å². The summed E-state index contributed by atoms with van der Waals surface area (Å²) >= 11 is 0. The molecule has 2 rings (SSSR count). The molecule has 0 saturated carbocycles. The van der Waals surface area contributed by atoms with E-state index < -0.39 is 11.6 Å². The van der Waals surface area contributed by atoms with Gasteiger partial charge in [-0.3, -0.25) is 0 Å². The molecule has 1 fully saturated rings. The smallest absolute Gasteiger partial charge is 0.408 e. The van der Waals surface area contributed by atoms with Crippen LogP contribution in [0, 0.1) is 12.3 Å². The van der Waals surface area contributed by atoms with Crippen LogP contribution in [0.25, 0.3) is 0 Å². The van der Waals surface area contributed by atoms with Crippen LogP contribution >= 0.6 is 0 Å². The SMILES string of the molecule is C#CC1(NC(=O)OCc2ccccc2)COCCOC1. The molecule has 0 bridgehead atoms. The number of rotatable bonds is 3. The topological polar surface area (TPSA) is 56.8 Å². The molecule has 5 heteroatoms. The molecule has 1 saturated heterocycles. The number of hydrogen-bond donors (Lipinski definition) is 1. The van der Waals surface area contributed by atoms with E-state index in [1.807, 2.05) is 30.3 Å². The third-order valence-corrected chi connectivity index (χ3v) is 2.90. The summed E-state index contributed by atoms with van der Waals surface area (Å²) in [5.74, 6) is 2.52. The van der Waals surface area contributed by atoms with E-state index in [0.717, 1.165) is 5.56 Å². The summed E-state index contributed by atoms with van der Waals surface area (Å²) in [4.78, 5) is 11.8. The van der Waals surface area contributed by atoms with Gasteiger partial charge in [0.1, 0.15) is 6.61 Å². The number of benzene rings is 1. The first-order valence-corrected chi connectivity index (χ1v) is 6.36. The van der Waals surface area contributed by atoms with Crippen molar-refractivity contribution in [3.63, 3.8) is 0 Å². The fourth-order valence-electron chi connectivity index (χ4n) is 1.80. The summed E-state index contributed by atoms with van der Waals surface area (Å²) in [6.07, 6.45) is 4.90. The van der Waals surface area contributed by atoms with Gasteiger partial charge in [0.05, 0.1) is 26.4 Å². The second-order valence-corrected chi connectivity index (χ2v) is 4.52. The van der Waals surface area contributed by atoms with E-state index in [2.05, 4.69) is 11.2 Å². The van der Waals surface area contributed by atoms with Gasteiger partial charge in [-0.1, -0.05) is 36.3 Å². The number of carbonyl (C=O) groups is 1. The number of carbonyl (C=O) groups excluding carboxylic acids is 1. The zero-order chi connectivity index (χ0) is 14.3. The molecule has 0 radical (unpaired) electrons. The number of alkyl carbamates (subject to hydrolysis) is 1. The summed E-state index contributed by atoms with van der Waals surface area (Å²) in [7, 11) is 0. The molecule has 1 aromatic carbocycles. The lowest BCUT2D eigenvalue weighted by atomic mass is 10.0. The molecule has 0 aliphatic carbocycles. The number of nitrogens with one attached hydrogen (secondary N) is 1. The van der Waals surface area contributed by atoms with Gasteiger partial charge >= 0.3 is 6.09 Å². The highest BCUT2D eigenvalue weighted by Crippen LogP contribution is 2.10. The molecular formula is C15H17NO4. The molecule has 0 aromatic heterocycles. The highest BCUT2D eigenvalue weighted by atomic mass is 16.6. The fourth-order valence-corrected chi connectivity index (χ4v) is 1.80. The fraction of sp³-hybridized carbons (Fsp3) is 0.400. The molecule has 106 valence electrons. The van der Waals surface area contributed by atoms with E-state index in [4.69, 9.17) is 20.6 Å². The van der Waals surface area contributed by atoms with Crippen LogP contribution in [-0.2, 0) is 20.8 Å². The Kier molecular flexibility index (Phi) is 4.99. The number of hydrogen-bond acceptors (Lipinski definition) is 4. The van der Waals surface area contributed by atoms with Gasteiger partial charge in [0, 0.05) is 0 Å². The first-order chi connectivity index (χ1) is 9.74. The molecule has 1 N–H and O–H groups in total. The Labute approximate surface area is 118 Å². The molecule has 1 aliphatic rings. The van der Waals surface area contributed by atoms with Gasteiger partial charge in [0.15, 0.2) is 5.54 Å². The number of ether oxygens (including phenoxy) is 3. The minimum absolute atomic E-state index is 0.190. The van der Waals surface area contributed by atoms with Crippen molar-refractivity contribution in [2.24, 2.45) is 0 Å². The van der Waals surface area contributed by atoms with Gasteiger partial charge in [-0.25, -0.2) is 4.79 Å². The molecule has 20 heavy (non-hydrogen) atoms. The van der Waals surface area contributed by atoms with Gasteiger partial charge < -0.3 is 19.5 Å². The lowest BCUT2D eigenvalue weighted by molar-refractivity contribution is 0.0949. The predicted molar refractivity (Wildman–Crippen MR) is 73.0 cm³/mol. The van der Waals surface area contributed by atoms with Crippen LogP contribution in [-0.4, -0.2) is 38.1 Å². The Bertz CT molecular complexity index is 472. The zero-order valence-electron chi connectivity index (χ0n) is 11.1. The van der Waals surface area contributed by atoms with Gasteiger partial charge in [0.25, 0.3) is 0 Å². The molecule has 1 amide bonds. The average molecular weight is 275 g/mol. The maximum absolute atomic E-state index is 11.8. The second-order valence-electron chi connectivity index (χ2n) is 4.52. The van der Waals surface area contributed by atoms with Gasteiger partial charge in [0.2, 0.25) is 0 Å². The van der Waals surface area contributed by atoms with Crippen LogP contribution in [0.3, 0.4) is 0 Å². The standard InChI is InChI=1S/C15H17NO4/c1-2-15(11-18-8-9-19-12-15)16-14(17)20-10-13-6-4-3-5-7-13/h1,3-7H,8-12H2,(H,16,17). The van der Waals surface area contributed by atoms with Crippen molar-refractivity contribution in [1.29, 1.82) is 0 Å². The largest absolute Gasteiger partial charge is 0.445 e. The molecule has 0 spiro atoms. The van der Waals surface area contributed by atoms with E-state index in [1.54, 1.807) is 0 Å². The number of amides is 1. The van der Waals surface area contributed by atoms with Crippen molar-refractivity contribution in [1.82, 2.24) is 5.32 Å². The molecule has 0 unspecified atom stereocenters. The van der Waals surface area contributed by atoms with Crippen LogP contribution in [0.4, 0.5) is 4.79 Å². The third-order valence-electron chi connectivity index (χ3n) is 2.90. The third kappa shape index (κ3) is 3.98. The first kappa shape index (κ1) is 14.4. The minimum Gasteiger partial charge on any atom is -0.445 e. The van der Waals surface area contributed by atoms with Gasteiger partial charge in [-0.05, 0) is 5.56 Å². The summed E-state index contributed by atoms with van der Waals surface area (Å²) in [5.41, 5.74) is -0.0599. The van der Waals surface area contributed by atoms with Crippen LogP contribution in [0.5, 0.6) is 0 Å². The van der Waals surface area contributed by atoms with Crippen LogP contribution < -0.4 is 5.32 Å². The second kappa shape index (κ2) is 6.94. The van der Waals surface area contributed by atoms with E-state index >= 15 is 0 Å². The van der Waals surface area contributed by atoms with Crippen molar-refractivity contribution >= 4 is 6.09 Å². The monoisotopic (exact) mass is 275 g/mol. The lowest BCUT2D eigenvalue weighted by Crippen LogP contribution is -2.53. The van der Waals surface area contributed by atoms with Gasteiger partial charge in [-0.15, -0.1) is 6.42 Å². The van der Waals surface area contributed by atoms with Crippen LogP contribution in [0.2, 0.25) is 0 Å². The van der Waals surface area contributed by atoms with E-state index in [9.17, 15) is 4.79 Å². The Balaban J connectivity index is 1.87. The Morgan fingerprint density at radius 3 is 2.55 bits per heavy atom. The van der Waals surface area contributed by atoms with E-state index in [0.29, 0.717) is 13.2 Å². The number of terminal acetylenes is 1. The molecule has 5 nitrogen and oxygen atoms in total.